The highest BCUT2D eigenvalue weighted by Crippen LogP contribution is 2.25. The van der Waals surface area contributed by atoms with Gasteiger partial charge in [0.15, 0.2) is 0 Å². The van der Waals surface area contributed by atoms with Gasteiger partial charge in [0.25, 0.3) is 0 Å². The van der Waals surface area contributed by atoms with E-state index >= 15 is 0 Å². The number of allylic oxidation sites excluding steroid dienone is 4. The zero-order chi connectivity index (χ0) is 10.7. The van der Waals surface area contributed by atoms with Crippen LogP contribution < -0.4 is 10.0 Å². The van der Waals surface area contributed by atoms with Gasteiger partial charge in [-0.2, -0.15) is 0 Å². The summed E-state index contributed by atoms with van der Waals surface area (Å²) in [6.45, 7) is 4.43. The molecule has 0 amide bonds. The van der Waals surface area contributed by atoms with Crippen molar-refractivity contribution in [3.05, 3.63) is 47.7 Å². The van der Waals surface area contributed by atoms with E-state index in [0.29, 0.717) is 5.92 Å². The van der Waals surface area contributed by atoms with Gasteiger partial charge in [0, 0.05) is 5.92 Å². The van der Waals surface area contributed by atoms with Gasteiger partial charge in [0.05, 0.1) is 5.54 Å². The Bertz CT molecular complexity index is 355. The Hall–Kier alpha value is -1.09. The predicted octanol–water partition coefficient (Wildman–Crippen LogP) is 2.70. The molecule has 80 valence electrons. The van der Waals surface area contributed by atoms with Gasteiger partial charge in [-0.25, -0.2) is 0 Å². The lowest BCUT2D eigenvalue weighted by molar-refractivity contribution is 0.380. The number of hydrogen-bond donors (Lipinski definition) is 2. The van der Waals surface area contributed by atoms with Crippen LogP contribution in [0.4, 0.5) is 0 Å². The van der Waals surface area contributed by atoms with Crippen LogP contribution in [0.2, 0.25) is 0 Å². The van der Waals surface area contributed by atoms with E-state index in [1.54, 1.807) is 11.9 Å². The van der Waals surface area contributed by atoms with E-state index in [9.17, 15) is 0 Å². The van der Waals surface area contributed by atoms with Crippen molar-refractivity contribution in [2.75, 3.05) is 0 Å². The highest BCUT2D eigenvalue weighted by atomic mass is 32.2. The van der Waals surface area contributed by atoms with Gasteiger partial charge < -0.3 is 10.0 Å². The molecule has 0 saturated carbocycles. The normalized spacial score (nSPS) is 33.5. The lowest BCUT2D eigenvalue weighted by Gasteiger charge is -2.36. The first-order valence-electron chi connectivity index (χ1n) is 5.13. The van der Waals surface area contributed by atoms with Crippen LogP contribution in [0.25, 0.3) is 0 Å². The number of rotatable bonds is 2. The smallest absolute Gasteiger partial charge is 0.110 e. The molecule has 15 heavy (non-hydrogen) atoms. The summed E-state index contributed by atoms with van der Waals surface area (Å²) in [5, 5.41) is 5.55. The Kier molecular flexibility index (Phi) is 2.91. The third kappa shape index (κ3) is 2.29. The van der Waals surface area contributed by atoms with Crippen LogP contribution in [0.15, 0.2) is 47.7 Å². The SMILES string of the molecule is CC1C=CC=CC1(C)NC1=CC=CSN1. The molecule has 2 unspecified atom stereocenters. The number of nitrogens with one attached hydrogen (secondary N) is 2. The Morgan fingerprint density at radius 2 is 2.27 bits per heavy atom. The first-order valence-corrected chi connectivity index (χ1v) is 6.01. The van der Waals surface area contributed by atoms with E-state index in [-0.39, 0.29) is 5.54 Å². The molecule has 2 aliphatic rings. The lowest BCUT2D eigenvalue weighted by atomic mass is 9.83. The fourth-order valence-corrected chi connectivity index (χ4v) is 2.13. The second-order valence-corrected chi connectivity index (χ2v) is 4.78. The first kappa shape index (κ1) is 10.4. The molecule has 0 aromatic rings. The van der Waals surface area contributed by atoms with Crippen LogP contribution in [0, 0.1) is 5.92 Å². The van der Waals surface area contributed by atoms with Crippen LogP contribution in [0.1, 0.15) is 13.8 Å². The molecule has 2 N–H and O–H groups in total. The highest BCUT2D eigenvalue weighted by molar-refractivity contribution is 8.00. The van der Waals surface area contributed by atoms with Crippen molar-refractivity contribution in [3.63, 3.8) is 0 Å². The molecule has 1 aliphatic carbocycles. The fourth-order valence-electron chi connectivity index (χ4n) is 1.66. The van der Waals surface area contributed by atoms with Crippen LogP contribution >= 0.6 is 11.9 Å². The molecule has 0 spiro atoms. The molecule has 1 heterocycles. The minimum absolute atomic E-state index is 0.000671. The molecule has 0 aromatic heterocycles. The van der Waals surface area contributed by atoms with E-state index < -0.39 is 0 Å². The van der Waals surface area contributed by atoms with Crippen molar-refractivity contribution in [2.24, 2.45) is 5.92 Å². The average molecular weight is 220 g/mol. The Morgan fingerprint density at radius 3 is 2.93 bits per heavy atom. The average Bonchev–Trinajstić information content (AvgIpc) is 2.24. The van der Waals surface area contributed by atoms with Gasteiger partial charge in [0.2, 0.25) is 0 Å². The first-order chi connectivity index (χ1) is 7.21. The molecule has 0 saturated heterocycles. The molecular weight excluding hydrogens is 204 g/mol. The van der Waals surface area contributed by atoms with Gasteiger partial charge in [-0.3, -0.25) is 0 Å². The van der Waals surface area contributed by atoms with Gasteiger partial charge in [0.1, 0.15) is 5.82 Å². The summed E-state index contributed by atoms with van der Waals surface area (Å²) in [5.74, 6) is 1.55. The molecule has 0 radical (unpaired) electrons. The highest BCUT2D eigenvalue weighted by Gasteiger charge is 2.28. The van der Waals surface area contributed by atoms with Crippen molar-refractivity contribution in [3.8, 4) is 0 Å². The molecule has 3 heteroatoms. The predicted molar refractivity (Wildman–Crippen MR) is 66.9 cm³/mol. The van der Waals surface area contributed by atoms with Crippen LogP contribution in [-0.4, -0.2) is 5.54 Å². The van der Waals surface area contributed by atoms with E-state index in [1.807, 2.05) is 11.5 Å². The van der Waals surface area contributed by atoms with Gasteiger partial charge in [-0.1, -0.05) is 37.3 Å². The maximum atomic E-state index is 3.52. The van der Waals surface area contributed by atoms with E-state index in [2.05, 4.69) is 54.3 Å². The Morgan fingerprint density at radius 1 is 1.40 bits per heavy atom. The third-order valence-corrected chi connectivity index (χ3v) is 3.51. The molecule has 0 aromatic carbocycles. The van der Waals surface area contributed by atoms with Crippen LogP contribution in [-0.2, 0) is 0 Å². The third-order valence-electron chi connectivity index (χ3n) is 2.88. The Labute approximate surface area is 95.3 Å². The number of hydrogen-bond acceptors (Lipinski definition) is 3. The minimum atomic E-state index is -0.000671. The summed E-state index contributed by atoms with van der Waals surface area (Å²) in [7, 11) is 0. The second-order valence-electron chi connectivity index (χ2n) is 4.07. The zero-order valence-corrected chi connectivity index (χ0v) is 9.84. The Balaban J connectivity index is 2.10. The standard InChI is InChI=1S/C12H16N2S/c1-10-6-3-4-8-12(10,2)13-11-7-5-9-15-14-11/h3-10,13-14H,1-2H3. The van der Waals surface area contributed by atoms with Crippen molar-refractivity contribution in [1.29, 1.82) is 0 Å². The summed E-state index contributed by atoms with van der Waals surface area (Å²) < 4.78 is 3.23. The zero-order valence-electron chi connectivity index (χ0n) is 9.03. The maximum Gasteiger partial charge on any atom is 0.110 e. The summed E-state index contributed by atoms with van der Waals surface area (Å²) >= 11 is 1.59. The molecule has 2 nitrogen and oxygen atoms in total. The quantitative estimate of drug-likeness (QED) is 0.700. The van der Waals surface area contributed by atoms with Crippen LogP contribution in [0.3, 0.4) is 0 Å². The van der Waals surface area contributed by atoms with Crippen molar-refractivity contribution in [2.45, 2.75) is 19.4 Å². The van der Waals surface area contributed by atoms with E-state index in [1.165, 1.54) is 0 Å². The summed E-state index contributed by atoms with van der Waals surface area (Å²) in [6, 6.07) is 0. The summed E-state index contributed by atoms with van der Waals surface area (Å²) in [5.41, 5.74) is -0.000671. The van der Waals surface area contributed by atoms with Gasteiger partial charge >= 0.3 is 0 Å². The van der Waals surface area contributed by atoms with E-state index in [4.69, 9.17) is 0 Å². The summed E-state index contributed by atoms with van der Waals surface area (Å²) in [6.07, 6.45) is 12.7. The lowest BCUT2D eigenvalue weighted by Crippen LogP contribution is -2.47. The second kappa shape index (κ2) is 4.19. The van der Waals surface area contributed by atoms with Crippen molar-refractivity contribution < 1.29 is 0 Å². The van der Waals surface area contributed by atoms with Crippen molar-refractivity contribution >= 4 is 11.9 Å². The van der Waals surface area contributed by atoms with Gasteiger partial charge in [-0.15, -0.1) is 0 Å². The maximum absolute atomic E-state index is 3.52. The van der Waals surface area contributed by atoms with Crippen LogP contribution in [0.5, 0.6) is 0 Å². The molecule has 2 atom stereocenters. The monoisotopic (exact) mass is 220 g/mol. The molecule has 1 aliphatic heterocycles. The van der Waals surface area contributed by atoms with E-state index in [0.717, 1.165) is 5.82 Å². The molecule has 0 bridgehead atoms. The van der Waals surface area contributed by atoms with Gasteiger partial charge in [-0.05, 0) is 30.4 Å². The largest absolute Gasteiger partial charge is 0.362 e. The minimum Gasteiger partial charge on any atom is -0.362 e. The van der Waals surface area contributed by atoms with Crippen molar-refractivity contribution in [1.82, 2.24) is 10.0 Å². The summed E-state index contributed by atoms with van der Waals surface area (Å²) in [4.78, 5) is 0. The fraction of sp³-hybridized carbons (Fsp3) is 0.333. The molecule has 0 fully saturated rings. The topological polar surface area (TPSA) is 24.1 Å². The molecule has 2 rings (SSSR count). The molecular formula is C12H16N2S.